The minimum atomic E-state index is -0.375. The Bertz CT molecular complexity index is 1020. The van der Waals surface area contributed by atoms with E-state index in [0.29, 0.717) is 24.1 Å². The van der Waals surface area contributed by atoms with E-state index < -0.39 is 0 Å². The van der Waals surface area contributed by atoms with Gasteiger partial charge in [0, 0.05) is 18.5 Å². The molecule has 0 N–H and O–H groups in total. The summed E-state index contributed by atoms with van der Waals surface area (Å²) in [5.41, 5.74) is 2.38. The predicted molar refractivity (Wildman–Crippen MR) is 106 cm³/mol. The van der Waals surface area contributed by atoms with Crippen LogP contribution in [0.2, 0.25) is 0 Å². The van der Waals surface area contributed by atoms with Crippen LogP contribution < -0.4 is 9.64 Å². The van der Waals surface area contributed by atoms with Crippen LogP contribution in [-0.4, -0.2) is 39.8 Å². The number of rotatable bonds is 6. The zero-order chi connectivity index (χ0) is 19.5. The summed E-state index contributed by atoms with van der Waals surface area (Å²) < 4.78 is 26.2. The maximum atomic E-state index is 13.9. The van der Waals surface area contributed by atoms with Gasteiger partial charge in [0.15, 0.2) is 33.7 Å². The van der Waals surface area contributed by atoms with Crippen molar-refractivity contribution in [2.45, 2.75) is 24.4 Å². The molecular formula is C19H20FN5O2S. The number of fused-ring (bicyclic) bond motifs is 1. The molecule has 1 aromatic carbocycles. The number of nitrogens with zero attached hydrogens (tertiary/aromatic N) is 5. The summed E-state index contributed by atoms with van der Waals surface area (Å²) in [6, 6.07) is 4.95. The topological polar surface area (TPSA) is 65.3 Å². The van der Waals surface area contributed by atoms with E-state index in [4.69, 9.17) is 14.5 Å². The fraction of sp³-hybridized carbons (Fsp3) is 0.316. The molecule has 0 radical (unpaired) electrons. The standard InChI is InChI=1S/C19H20FN5O2S/c1-3-24-12-21-16-17(24)22-19(23-18(16)25-6-8-27-9-7-25)28-11-13-4-5-15(26-2)14(20)10-13/h4-6,8,10,12H,3,7,9,11H2,1-2H3. The number of imidazole rings is 1. The zero-order valence-electron chi connectivity index (χ0n) is 15.6. The second kappa shape index (κ2) is 8.05. The van der Waals surface area contributed by atoms with Crippen molar-refractivity contribution in [1.82, 2.24) is 19.5 Å². The van der Waals surface area contributed by atoms with Gasteiger partial charge in [-0.3, -0.25) is 0 Å². The Hall–Kier alpha value is -2.81. The Morgan fingerprint density at radius 3 is 2.93 bits per heavy atom. The Morgan fingerprint density at radius 2 is 2.21 bits per heavy atom. The summed E-state index contributed by atoms with van der Waals surface area (Å²) >= 11 is 1.46. The lowest BCUT2D eigenvalue weighted by Gasteiger charge is -2.22. The molecule has 2 aromatic heterocycles. The van der Waals surface area contributed by atoms with Crippen molar-refractivity contribution in [3.63, 3.8) is 0 Å². The Kier molecular flexibility index (Phi) is 5.34. The first-order chi connectivity index (χ1) is 13.7. The van der Waals surface area contributed by atoms with Crippen molar-refractivity contribution in [1.29, 1.82) is 0 Å². The lowest BCUT2D eigenvalue weighted by molar-refractivity contribution is 0.245. The third-order valence-electron chi connectivity index (χ3n) is 4.41. The van der Waals surface area contributed by atoms with Gasteiger partial charge in [0.25, 0.3) is 0 Å². The van der Waals surface area contributed by atoms with Crippen molar-refractivity contribution >= 4 is 28.7 Å². The largest absolute Gasteiger partial charge is 0.498 e. The van der Waals surface area contributed by atoms with Crippen LogP contribution in [0.4, 0.5) is 10.2 Å². The molecule has 0 atom stereocenters. The Balaban J connectivity index is 1.65. The average molecular weight is 401 g/mol. The van der Waals surface area contributed by atoms with E-state index in [1.807, 2.05) is 28.7 Å². The van der Waals surface area contributed by atoms with E-state index in [0.717, 1.165) is 29.1 Å². The van der Waals surface area contributed by atoms with Crippen LogP contribution in [0.1, 0.15) is 12.5 Å². The molecule has 9 heteroatoms. The first-order valence-electron chi connectivity index (χ1n) is 8.92. The van der Waals surface area contributed by atoms with Crippen molar-refractivity contribution < 1.29 is 13.9 Å². The highest BCUT2D eigenvalue weighted by Crippen LogP contribution is 2.29. The fourth-order valence-electron chi connectivity index (χ4n) is 2.94. The molecule has 28 heavy (non-hydrogen) atoms. The molecule has 1 aliphatic heterocycles. The molecule has 146 valence electrons. The molecule has 0 bridgehead atoms. The SMILES string of the molecule is CCn1cnc2c(N3C=COCC3)nc(SCc3ccc(OC)c(F)c3)nc21. The van der Waals surface area contributed by atoms with Gasteiger partial charge in [0.1, 0.15) is 6.61 Å². The van der Waals surface area contributed by atoms with Gasteiger partial charge in [0.05, 0.1) is 26.2 Å². The lowest BCUT2D eigenvalue weighted by Crippen LogP contribution is -2.25. The van der Waals surface area contributed by atoms with E-state index >= 15 is 0 Å². The van der Waals surface area contributed by atoms with Crippen LogP contribution in [0.15, 0.2) is 42.1 Å². The number of ether oxygens (including phenoxy) is 2. The van der Waals surface area contributed by atoms with Gasteiger partial charge in [-0.15, -0.1) is 0 Å². The summed E-state index contributed by atoms with van der Waals surface area (Å²) in [5.74, 6) is 1.16. The van der Waals surface area contributed by atoms with Crippen molar-refractivity contribution in [3.05, 3.63) is 48.4 Å². The number of anilines is 1. The second-order valence-corrected chi connectivity index (χ2v) is 7.08. The molecule has 0 fully saturated rings. The summed E-state index contributed by atoms with van der Waals surface area (Å²) in [6.45, 7) is 4.09. The van der Waals surface area contributed by atoms with Crippen molar-refractivity contribution in [3.8, 4) is 5.75 Å². The van der Waals surface area contributed by atoms with E-state index in [2.05, 4.69) is 9.97 Å². The molecule has 0 saturated carbocycles. The van der Waals surface area contributed by atoms with Crippen LogP contribution in [0.5, 0.6) is 5.75 Å². The summed E-state index contributed by atoms with van der Waals surface area (Å²) in [7, 11) is 1.45. The van der Waals surface area contributed by atoms with Gasteiger partial charge in [-0.05, 0) is 24.6 Å². The number of methoxy groups -OCH3 is 1. The highest BCUT2D eigenvalue weighted by Gasteiger charge is 2.19. The van der Waals surface area contributed by atoms with Gasteiger partial charge in [-0.1, -0.05) is 17.8 Å². The third kappa shape index (κ3) is 3.62. The summed E-state index contributed by atoms with van der Waals surface area (Å²) in [6.07, 6.45) is 5.28. The minimum Gasteiger partial charge on any atom is -0.498 e. The minimum absolute atomic E-state index is 0.236. The monoisotopic (exact) mass is 401 g/mol. The first-order valence-corrected chi connectivity index (χ1v) is 9.91. The average Bonchev–Trinajstić information content (AvgIpc) is 3.15. The Morgan fingerprint density at radius 1 is 1.32 bits per heavy atom. The molecule has 3 heterocycles. The van der Waals surface area contributed by atoms with Crippen LogP contribution >= 0.6 is 11.8 Å². The van der Waals surface area contributed by atoms with E-state index in [-0.39, 0.29) is 11.6 Å². The maximum absolute atomic E-state index is 13.9. The molecule has 3 aromatic rings. The number of halogens is 1. The Labute approximate surface area is 166 Å². The number of hydrogen-bond acceptors (Lipinski definition) is 7. The molecular weight excluding hydrogens is 381 g/mol. The predicted octanol–water partition coefficient (Wildman–Crippen LogP) is 3.59. The van der Waals surface area contributed by atoms with Crippen LogP contribution in [0.3, 0.4) is 0 Å². The number of aryl methyl sites for hydroxylation is 1. The third-order valence-corrected chi connectivity index (χ3v) is 5.33. The zero-order valence-corrected chi connectivity index (χ0v) is 16.4. The van der Waals surface area contributed by atoms with Gasteiger partial charge in [0.2, 0.25) is 0 Å². The van der Waals surface area contributed by atoms with E-state index in [1.54, 1.807) is 18.7 Å². The first kappa shape index (κ1) is 18.5. The lowest BCUT2D eigenvalue weighted by atomic mass is 10.2. The van der Waals surface area contributed by atoms with Crippen LogP contribution in [0.25, 0.3) is 11.2 Å². The number of thioether (sulfide) groups is 1. The second-order valence-electron chi connectivity index (χ2n) is 6.14. The van der Waals surface area contributed by atoms with E-state index in [1.165, 1.54) is 24.9 Å². The molecule has 0 spiro atoms. The maximum Gasteiger partial charge on any atom is 0.191 e. The highest BCUT2D eigenvalue weighted by atomic mass is 32.2. The van der Waals surface area contributed by atoms with E-state index in [9.17, 15) is 4.39 Å². The normalized spacial score (nSPS) is 13.8. The quantitative estimate of drug-likeness (QED) is 0.462. The molecule has 0 amide bonds. The summed E-state index contributed by atoms with van der Waals surface area (Å²) in [5, 5.41) is 0.619. The van der Waals surface area contributed by atoms with Gasteiger partial charge < -0.3 is 18.9 Å². The highest BCUT2D eigenvalue weighted by molar-refractivity contribution is 7.98. The molecule has 7 nitrogen and oxygen atoms in total. The molecule has 4 rings (SSSR count). The number of hydrogen-bond donors (Lipinski definition) is 0. The molecule has 0 aliphatic carbocycles. The van der Waals surface area contributed by atoms with Gasteiger partial charge >= 0.3 is 0 Å². The number of benzene rings is 1. The summed E-state index contributed by atoms with van der Waals surface area (Å²) in [4.78, 5) is 15.9. The van der Waals surface area contributed by atoms with Gasteiger partial charge in [-0.2, -0.15) is 0 Å². The van der Waals surface area contributed by atoms with Gasteiger partial charge in [-0.25, -0.2) is 19.3 Å². The molecule has 1 aliphatic rings. The van der Waals surface area contributed by atoms with Crippen molar-refractivity contribution in [2.75, 3.05) is 25.2 Å². The van der Waals surface area contributed by atoms with Crippen LogP contribution in [0, 0.1) is 5.82 Å². The smallest absolute Gasteiger partial charge is 0.191 e. The molecule has 0 saturated heterocycles. The molecule has 0 unspecified atom stereocenters. The number of aromatic nitrogens is 4. The fourth-order valence-corrected chi connectivity index (χ4v) is 3.72. The van der Waals surface area contributed by atoms with Crippen molar-refractivity contribution in [2.24, 2.45) is 0 Å². The van der Waals surface area contributed by atoms with Crippen LogP contribution in [-0.2, 0) is 17.0 Å².